The number of thioether (sulfide) groups is 1. The second-order valence-corrected chi connectivity index (χ2v) is 4.80. The standard InChI is InChI=1S/C12H16F2N2OS/c1-3-7(6-18-2)16-12(17)8-4-9(13)10(14)5-11(8)15/h4-5,7H,3,6,15H2,1-2H3,(H,16,17). The van der Waals surface area contributed by atoms with E-state index in [0.29, 0.717) is 0 Å². The number of nitrogen functional groups attached to an aromatic ring is 1. The molecule has 1 aromatic carbocycles. The summed E-state index contributed by atoms with van der Waals surface area (Å²) in [4.78, 5) is 11.9. The molecule has 0 saturated heterocycles. The second kappa shape index (κ2) is 6.58. The first-order valence-electron chi connectivity index (χ1n) is 5.53. The van der Waals surface area contributed by atoms with Crippen LogP contribution in [0.2, 0.25) is 0 Å². The van der Waals surface area contributed by atoms with Crippen LogP contribution in [0.15, 0.2) is 12.1 Å². The minimum Gasteiger partial charge on any atom is -0.398 e. The van der Waals surface area contributed by atoms with Crippen molar-refractivity contribution in [2.45, 2.75) is 19.4 Å². The van der Waals surface area contributed by atoms with E-state index in [2.05, 4.69) is 5.32 Å². The maximum Gasteiger partial charge on any atom is 0.253 e. The number of amides is 1. The normalized spacial score (nSPS) is 12.2. The lowest BCUT2D eigenvalue weighted by atomic mass is 10.1. The molecule has 0 aliphatic rings. The van der Waals surface area contributed by atoms with Crippen molar-refractivity contribution in [2.75, 3.05) is 17.7 Å². The van der Waals surface area contributed by atoms with Crippen molar-refractivity contribution in [2.24, 2.45) is 0 Å². The van der Waals surface area contributed by atoms with E-state index < -0.39 is 17.5 Å². The smallest absolute Gasteiger partial charge is 0.253 e. The van der Waals surface area contributed by atoms with Gasteiger partial charge >= 0.3 is 0 Å². The molecule has 100 valence electrons. The van der Waals surface area contributed by atoms with Gasteiger partial charge in [0.1, 0.15) is 0 Å². The molecular formula is C12H16F2N2OS. The van der Waals surface area contributed by atoms with Crippen molar-refractivity contribution in [3.8, 4) is 0 Å². The van der Waals surface area contributed by atoms with Crippen LogP contribution in [0.3, 0.4) is 0 Å². The van der Waals surface area contributed by atoms with Crippen LogP contribution in [0.4, 0.5) is 14.5 Å². The van der Waals surface area contributed by atoms with Gasteiger partial charge in [0, 0.05) is 23.5 Å². The maximum atomic E-state index is 13.1. The van der Waals surface area contributed by atoms with Crippen LogP contribution in [0.25, 0.3) is 0 Å². The maximum absolute atomic E-state index is 13.1. The molecule has 1 atom stereocenters. The van der Waals surface area contributed by atoms with Gasteiger partial charge in [0.2, 0.25) is 0 Å². The van der Waals surface area contributed by atoms with Crippen LogP contribution in [-0.2, 0) is 0 Å². The van der Waals surface area contributed by atoms with Crippen molar-refractivity contribution in [1.82, 2.24) is 5.32 Å². The van der Waals surface area contributed by atoms with Gasteiger partial charge in [-0.1, -0.05) is 6.92 Å². The highest BCUT2D eigenvalue weighted by molar-refractivity contribution is 7.98. The van der Waals surface area contributed by atoms with Crippen molar-refractivity contribution in [3.05, 3.63) is 29.3 Å². The quantitative estimate of drug-likeness (QED) is 0.811. The lowest BCUT2D eigenvalue weighted by Crippen LogP contribution is -2.36. The molecule has 0 aliphatic carbocycles. The number of anilines is 1. The topological polar surface area (TPSA) is 55.1 Å². The predicted octanol–water partition coefficient (Wildman–Crippen LogP) is 2.42. The SMILES string of the molecule is CCC(CSC)NC(=O)c1cc(F)c(F)cc1N. The van der Waals surface area contributed by atoms with Crippen LogP contribution < -0.4 is 11.1 Å². The summed E-state index contributed by atoms with van der Waals surface area (Å²) >= 11 is 1.60. The summed E-state index contributed by atoms with van der Waals surface area (Å²) in [5.74, 6) is -1.86. The Labute approximate surface area is 109 Å². The average Bonchev–Trinajstić information content (AvgIpc) is 2.33. The van der Waals surface area contributed by atoms with E-state index in [0.717, 1.165) is 24.3 Å². The fraction of sp³-hybridized carbons (Fsp3) is 0.417. The number of nitrogens with two attached hydrogens (primary N) is 1. The number of nitrogens with one attached hydrogen (secondary N) is 1. The Kier molecular flexibility index (Phi) is 5.40. The van der Waals surface area contributed by atoms with Crippen molar-refractivity contribution >= 4 is 23.4 Å². The fourth-order valence-electron chi connectivity index (χ4n) is 1.48. The summed E-state index contributed by atoms with van der Waals surface area (Å²) in [6.45, 7) is 1.94. The Bertz CT molecular complexity index is 440. The number of hydrogen-bond donors (Lipinski definition) is 2. The fourth-order valence-corrected chi connectivity index (χ4v) is 2.21. The van der Waals surface area contributed by atoms with E-state index in [1.807, 2.05) is 13.2 Å². The van der Waals surface area contributed by atoms with Crippen LogP contribution in [-0.4, -0.2) is 24.0 Å². The third-order valence-electron chi connectivity index (χ3n) is 2.53. The number of carbonyl (C=O) groups excluding carboxylic acids is 1. The molecule has 1 rings (SSSR count). The lowest BCUT2D eigenvalue weighted by molar-refractivity contribution is 0.0940. The summed E-state index contributed by atoms with van der Waals surface area (Å²) in [6, 6.07) is 1.63. The first-order chi connectivity index (χ1) is 8.49. The minimum absolute atomic E-state index is 0.0139. The van der Waals surface area contributed by atoms with E-state index in [1.165, 1.54) is 0 Å². The molecule has 0 fully saturated rings. The van der Waals surface area contributed by atoms with Gasteiger partial charge in [0.15, 0.2) is 11.6 Å². The van der Waals surface area contributed by atoms with E-state index in [4.69, 9.17) is 5.73 Å². The van der Waals surface area contributed by atoms with Crippen LogP contribution in [0, 0.1) is 11.6 Å². The van der Waals surface area contributed by atoms with E-state index in [9.17, 15) is 13.6 Å². The second-order valence-electron chi connectivity index (χ2n) is 3.89. The highest BCUT2D eigenvalue weighted by Gasteiger charge is 2.17. The van der Waals surface area contributed by atoms with Gasteiger partial charge in [-0.15, -0.1) is 0 Å². The van der Waals surface area contributed by atoms with Crippen molar-refractivity contribution in [3.63, 3.8) is 0 Å². The van der Waals surface area contributed by atoms with Gasteiger partial charge in [-0.2, -0.15) is 11.8 Å². The molecule has 0 heterocycles. The molecule has 1 aromatic rings. The van der Waals surface area contributed by atoms with Gasteiger partial charge in [0.05, 0.1) is 5.56 Å². The minimum atomic E-state index is -1.08. The molecule has 0 spiro atoms. The average molecular weight is 274 g/mol. The van der Waals surface area contributed by atoms with Gasteiger partial charge in [0.25, 0.3) is 5.91 Å². The van der Waals surface area contributed by atoms with Crippen molar-refractivity contribution in [1.29, 1.82) is 0 Å². The highest BCUT2D eigenvalue weighted by atomic mass is 32.2. The highest BCUT2D eigenvalue weighted by Crippen LogP contribution is 2.17. The Morgan fingerprint density at radius 1 is 1.44 bits per heavy atom. The molecule has 3 N–H and O–H groups in total. The molecule has 18 heavy (non-hydrogen) atoms. The number of carbonyl (C=O) groups is 1. The molecule has 3 nitrogen and oxygen atoms in total. The molecule has 0 aromatic heterocycles. The number of hydrogen-bond acceptors (Lipinski definition) is 3. The van der Waals surface area contributed by atoms with Gasteiger partial charge in [-0.3, -0.25) is 4.79 Å². The van der Waals surface area contributed by atoms with E-state index in [-0.39, 0.29) is 17.3 Å². The molecule has 1 unspecified atom stereocenters. The van der Waals surface area contributed by atoms with Crippen LogP contribution >= 0.6 is 11.8 Å². The first-order valence-corrected chi connectivity index (χ1v) is 6.93. The predicted molar refractivity (Wildman–Crippen MR) is 70.7 cm³/mol. The third kappa shape index (κ3) is 3.60. The molecule has 0 bridgehead atoms. The summed E-state index contributed by atoms with van der Waals surface area (Å²) in [6.07, 6.45) is 2.69. The van der Waals surface area contributed by atoms with Crippen molar-refractivity contribution < 1.29 is 13.6 Å². The lowest BCUT2D eigenvalue weighted by Gasteiger charge is -2.16. The summed E-state index contributed by atoms with van der Waals surface area (Å²) in [7, 11) is 0. The first kappa shape index (κ1) is 14.8. The zero-order valence-corrected chi connectivity index (χ0v) is 11.1. The summed E-state index contributed by atoms with van der Waals surface area (Å²) < 4.78 is 26.0. The van der Waals surface area contributed by atoms with Crippen LogP contribution in [0.1, 0.15) is 23.7 Å². The Morgan fingerprint density at radius 2 is 2.06 bits per heavy atom. The number of benzene rings is 1. The number of rotatable bonds is 5. The largest absolute Gasteiger partial charge is 0.398 e. The van der Waals surface area contributed by atoms with Gasteiger partial charge in [-0.25, -0.2) is 8.78 Å². The monoisotopic (exact) mass is 274 g/mol. The number of halogens is 2. The zero-order valence-electron chi connectivity index (χ0n) is 10.3. The van der Waals surface area contributed by atoms with Crippen LogP contribution in [0.5, 0.6) is 0 Å². The molecule has 0 radical (unpaired) electrons. The molecule has 1 amide bonds. The van der Waals surface area contributed by atoms with E-state index in [1.54, 1.807) is 11.8 Å². The van der Waals surface area contributed by atoms with Gasteiger partial charge < -0.3 is 11.1 Å². The molecule has 0 aliphatic heterocycles. The van der Waals surface area contributed by atoms with Gasteiger partial charge in [-0.05, 0) is 18.7 Å². The molecule has 6 heteroatoms. The summed E-state index contributed by atoms with van der Waals surface area (Å²) in [5, 5.41) is 2.74. The Morgan fingerprint density at radius 3 is 2.61 bits per heavy atom. The zero-order chi connectivity index (χ0) is 13.7. The molecular weight excluding hydrogens is 258 g/mol. The Hall–Kier alpha value is -1.30. The Balaban J connectivity index is 2.87. The van der Waals surface area contributed by atoms with E-state index >= 15 is 0 Å². The molecule has 0 saturated carbocycles. The summed E-state index contributed by atoms with van der Waals surface area (Å²) in [5.41, 5.74) is 5.41. The third-order valence-corrected chi connectivity index (χ3v) is 3.27.